The molecule has 4 unspecified atom stereocenters. The molecule has 0 aliphatic carbocycles. The molecule has 300 valence electrons. The Bertz CT molecular complexity index is 812. The molecule has 0 bridgehead atoms. The van der Waals surface area contributed by atoms with Crippen LogP contribution >= 0.6 is 0 Å². The third-order valence-corrected chi connectivity index (χ3v) is 10.1. The topological polar surface area (TPSA) is 110 Å². The van der Waals surface area contributed by atoms with Crippen molar-refractivity contribution in [2.75, 3.05) is 6.61 Å². The molecule has 0 aromatic carbocycles. The molecular formula is C45H85NO5. The molecule has 0 aromatic rings. The Hall–Kier alpha value is -1.47. The van der Waals surface area contributed by atoms with Gasteiger partial charge in [0.15, 0.2) is 0 Å². The van der Waals surface area contributed by atoms with Crippen LogP contribution in [0.1, 0.15) is 213 Å². The number of aliphatic hydroxyl groups is 4. The average molecular weight is 720 g/mol. The third kappa shape index (κ3) is 34.1. The molecule has 0 aliphatic heterocycles. The van der Waals surface area contributed by atoms with Gasteiger partial charge in [-0.3, -0.25) is 4.79 Å². The lowest BCUT2D eigenvalue weighted by atomic mass is 10.00. The zero-order chi connectivity index (χ0) is 37.5. The standard InChI is InChI=1S/C45H85NO5/c1-3-5-7-9-11-13-15-17-18-19-20-21-22-23-24-25-26-27-29-30-32-34-36-38-42(48)44(50)41(40-47)46-45(51)43(49)39-37-35-33-31-28-16-14-12-10-8-6-4-2/h21-22,25-26,30,32,41-44,47-50H,3-20,23-24,27-29,31,33-40H2,1-2H3,(H,46,51)/b22-21+,26-25+,32-30+. The van der Waals surface area contributed by atoms with E-state index in [0.717, 1.165) is 51.4 Å². The monoisotopic (exact) mass is 720 g/mol. The summed E-state index contributed by atoms with van der Waals surface area (Å²) in [6.07, 6.45) is 46.1. The second kappa shape index (κ2) is 39.7. The highest BCUT2D eigenvalue weighted by Gasteiger charge is 2.28. The van der Waals surface area contributed by atoms with Crippen molar-refractivity contribution in [3.63, 3.8) is 0 Å². The van der Waals surface area contributed by atoms with Gasteiger partial charge in [0.25, 0.3) is 0 Å². The van der Waals surface area contributed by atoms with E-state index < -0.39 is 36.9 Å². The maximum Gasteiger partial charge on any atom is 0.249 e. The van der Waals surface area contributed by atoms with E-state index in [1.165, 1.54) is 128 Å². The number of rotatable bonds is 39. The van der Waals surface area contributed by atoms with Gasteiger partial charge in [0, 0.05) is 0 Å². The number of hydrogen-bond donors (Lipinski definition) is 5. The fourth-order valence-electron chi connectivity index (χ4n) is 6.55. The second-order valence-electron chi connectivity index (χ2n) is 15.0. The summed E-state index contributed by atoms with van der Waals surface area (Å²) in [4.78, 5) is 12.5. The minimum atomic E-state index is -1.29. The maximum atomic E-state index is 12.5. The van der Waals surface area contributed by atoms with Gasteiger partial charge >= 0.3 is 0 Å². The van der Waals surface area contributed by atoms with Gasteiger partial charge in [-0.1, -0.05) is 185 Å². The van der Waals surface area contributed by atoms with Gasteiger partial charge < -0.3 is 25.7 Å². The predicted molar refractivity (Wildman–Crippen MR) is 219 cm³/mol. The summed E-state index contributed by atoms with van der Waals surface area (Å²) < 4.78 is 0. The molecule has 1 amide bonds. The molecule has 0 fully saturated rings. The second-order valence-corrected chi connectivity index (χ2v) is 15.0. The lowest BCUT2D eigenvalue weighted by Crippen LogP contribution is -2.53. The highest BCUT2D eigenvalue weighted by Crippen LogP contribution is 2.15. The molecule has 0 radical (unpaired) electrons. The van der Waals surface area contributed by atoms with Gasteiger partial charge in [0.05, 0.1) is 18.8 Å². The lowest BCUT2D eigenvalue weighted by Gasteiger charge is -2.27. The molecule has 0 spiro atoms. The van der Waals surface area contributed by atoms with E-state index in [4.69, 9.17) is 0 Å². The predicted octanol–water partition coefficient (Wildman–Crippen LogP) is 11.3. The Balaban J connectivity index is 3.81. The summed E-state index contributed by atoms with van der Waals surface area (Å²) in [6, 6.07) is -1.01. The normalized spacial score (nSPS) is 14.5. The first kappa shape index (κ1) is 49.5. The number of amides is 1. The quantitative estimate of drug-likeness (QED) is 0.0321. The summed E-state index contributed by atoms with van der Waals surface area (Å²) in [7, 11) is 0. The van der Waals surface area contributed by atoms with Crippen LogP contribution < -0.4 is 5.32 Å². The molecule has 0 heterocycles. The third-order valence-electron chi connectivity index (χ3n) is 10.1. The molecular weight excluding hydrogens is 634 g/mol. The fourth-order valence-corrected chi connectivity index (χ4v) is 6.55. The zero-order valence-electron chi connectivity index (χ0n) is 33.6. The largest absolute Gasteiger partial charge is 0.394 e. The van der Waals surface area contributed by atoms with Crippen LogP contribution in [0.3, 0.4) is 0 Å². The number of nitrogens with one attached hydrogen (secondary N) is 1. The van der Waals surface area contributed by atoms with Gasteiger partial charge in [-0.2, -0.15) is 0 Å². The van der Waals surface area contributed by atoms with E-state index in [-0.39, 0.29) is 0 Å². The number of carbonyl (C=O) groups is 1. The smallest absolute Gasteiger partial charge is 0.249 e. The Morgan fingerprint density at radius 3 is 1.24 bits per heavy atom. The molecule has 0 aromatic heterocycles. The molecule has 5 N–H and O–H groups in total. The first-order valence-corrected chi connectivity index (χ1v) is 21.9. The molecule has 6 nitrogen and oxygen atoms in total. The number of hydrogen-bond acceptors (Lipinski definition) is 5. The SMILES string of the molecule is CCCCCCCCCCCC/C=C/CC/C=C/CC/C=C/CCCC(O)C(O)C(CO)NC(=O)C(O)CCCCCCCCCCCCCC. The van der Waals surface area contributed by atoms with Crippen molar-refractivity contribution in [1.82, 2.24) is 5.32 Å². The van der Waals surface area contributed by atoms with Gasteiger partial charge in [-0.05, 0) is 64.2 Å². The average Bonchev–Trinajstić information content (AvgIpc) is 3.13. The highest BCUT2D eigenvalue weighted by atomic mass is 16.3. The molecule has 0 rings (SSSR count). The van der Waals surface area contributed by atoms with E-state index in [0.29, 0.717) is 19.3 Å². The molecule has 0 saturated heterocycles. The Morgan fingerprint density at radius 1 is 0.471 bits per heavy atom. The summed E-state index contributed by atoms with van der Waals surface area (Å²) in [6.45, 7) is 4.02. The number of carbonyl (C=O) groups excluding carboxylic acids is 1. The first-order chi connectivity index (χ1) is 25.0. The van der Waals surface area contributed by atoms with E-state index in [9.17, 15) is 25.2 Å². The van der Waals surface area contributed by atoms with Gasteiger partial charge in [0.1, 0.15) is 12.2 Å². The van der Waals surface area contributed by atoms with Crippen LogP contribution in [-0.2, 0) is 4.79 Å². The van der Waals surface area contributed by atoms with Crippen molar-refractivity contribution in [2.24, 2.45) is 0 Å². The number of allylic oxidation sites excluding steroid dienone is 6. The van der Waals surface area contributed by atoms with Crippen LogP contribution in [-0.4, -0.2) is 57.3 Å². The number of unbranched alkanes of at least 4 members (excludes halogenated alkanes) is 24. The van der Waals surface area contributed by atoms with E-state index >= 15 is 0 Å². The fraction of sp³-hybridized carbons (Fsp3) is 0.844. The summed E-state index contributed by atoms with van der Waals surface area (Å²) >= 11 is 0. The van der Waals surface area contributed by atoms with Crippen molar-refractivity contribution < 1.29 is 25.2 Å². The van der Waals surface area contributed by atoms with Crippen LogP contribution in [0.4, 0.5) is 0 Å². The first-order valence-electron chi connectivity index (χ1n) is 21.9. The van der Waals surface area contributed by atoms with Crippen molar-refractivity contribution in [1.29, 1.82) is 0 Å². The van der Waals surface area contributed by atoms with Crippen molar-refractivity contribution in [3.8, 4) is 0 Å². The van der Waals surface area contributed by atoms with Crippen LogP contribution in [0.15, 0.2) is 36.5 Å². The number of aliphatic hydroxyl groups excluding tert-OH is 4. The van der Waals surface area contributed by atoms with Crippen molar-refractivity contribution in [2.45, 2.75) is 237 Å². The minimum absolute atomic E-state index is 0.360. The van der Waals surface area contributed by atoms with Crippen LogP contribution in [0, 0.1) is 0 Å². The molecule has 6 heteroatoms. The van der Waals surface area contributed by atoms with Crippen molar-refractivity contribution in [3.05, 3.63) is 36.5 Å². The van der Waals surface area contributed by atoms with Crippen LogP contribution in [0.2, 0.25) is 0 Å². The van der Waals surface area contributed by atoms with Crippen LogP contribution in [0.25, 0.3) is 0 Å². The van der Waals surface area contributed by atoms with Crippen LogP contribution in [0.5, 0.6) is 0 Å². The Kier molecular flexibility index (Phi) is 38.6. The molecule has 0 saturated carbocycles. The van der Waals surface area contributed by atoms with E-state index in [1.807, 2.05) is 0 Å². The zero-order valence-corrected chi connectivity index (χ0v) is 33.6. The van der Waals surface area contributed by atoms with E-state index in [2.05, 4.69) is 55.6 Å². The van der Waals surface area contributed by atoms with Gasteiger partial charge in [-0.25, -0.2) is 0 Å². The van der Waals surface area contributed by atoms with Crippen molar-refractivity contribution >= 4 is 5.91 Å². The lowest BCUT2D eigenvalue weighted by molar-refractivity contribution is -0.132. The molecule has 4 atom stereocenters. The Morgan fingerprint density at radius 2 is 0.824 bits per heavy atom. The minimum Gasteiger partial charge on any atom is -0.394 e. The molecule has 0 aliphatic rings. The maximum absolute atomic E-state index is 12.5. The van der Waals surface area contributed by atoms with Gasteiger partial charge in [0.2, 0.25) is 5.91 Å². The highest BCUT2D eigenvalue weighted by molar-refractivity contribution is 5.80. The summed E-state index contributed by atoms with van der Waals surface area (Å²) in [5, 5.41) is 43.6. The summed E-state index contributed by atoms with van der Waals surface area (Å²) in [5.74, 6) is -0.601. The Labute approximate surface area is 316 Å². The summed E-state index contributed by atoms with van der Waals surface area (Å²) in [5.41, 5.74) is 0. The molecule has 51 heavy (non-hydrogen) atoms. The van der Waals surface area contributed by atoms with E-state index in [1.54, 1.807) is 0 Å². The van der Waals surface area contributed by atoms with Gasteiger partial charge in [-0.15, -0.1) is 0 Å².